The first-order chi connectivity index (χ1) is 12.0. The van der Waals surface area contributed by atoms with E-state index in [-0.39, 0.29) is 27.8 Å². The Hall–Kier alpha value is -2.35. The monoisotopic (exact) mass is 395 g/mol. The smallest absolute Gasteiger partial charge is 0.320 e. The van der Waals surface area contributed by atoms with E-state index >= 15 is 0 Å². The molecule has 6 nitrogen and oxygen atoms in total. The summed E-state index contributed by atoms with van der Waals surface area (Å²) >= 11 is 13.3. The van der Waals surface area contributed by atoms with Crippen LogP contribution in [0.3, 0.4) is 0 Å². The number of nitrogens with one attached hydrogen (secondary N) is 2. The lowest BCUT2D eigenvalue weighted by Crippen LogP contribution is -2.39. The molecule has 0 atom stereocenters. The Labute approximate surface area is 155 Å². The molecule has 3 rings (SSSR count). The fourth-order valence-electron chi connectivity index (χ4n) is 2.17. The Morgan fingerprint density at radius 1 is 1.20 bits per heavy atom. The van der Waals surface area contributed by atoms with Crippen molar-refractivity contribution >= 4 is 46.1 Å². The lowest BCUT2D eigenvalue weighted by Gasteiger charge is -2.09. The van der Waals surface area contributed by atoms with Gasteiger partial charge >= 0.3 is 5.69 Å². The van der Waals surface area contributed by atoms with Crippen molar-refractivity contribution in [3.05, 3.63) is 83.2 Å². The Morgan fingerprint density at radius 3 is 2.72 bits per heavy atom. The molecule has 0 spiro atoms. The van der Waals surface area contributed by atoms with E-state index in [1.165, 1.54) is 11.3 Å². The second-order valence-corrected chi connectivity index (χ2v) is 6.85. The number of aromatic nitrogens is 2. The molecule has 9 heteroatoms. The Balaban J connectivity index is 1.94. The van der Waals surface area contributed by atoms with Crippen LogP contribution in [0.2, 0.25) is 10.0 Å². The molecule has 0 unspecified atom stereocenters. The summed E-state index contributed by atoms with van der Waals surface area (Å²) in [5, 5.41) is 4.81. The Bertz CT molecular complexity index is 1040. The van der Waals surface area contributed by atoms with Crippen molar-refractivity contribution in [1.29, 1.82) is 0 Å². The number of hydrogen-bond donors (Lipinski definition) is 2. The third-order valence-electron chi connectivity index (χ3n) is 3.40. The predicted molar refractivity (Wildman–Crippen MR) is 99.2 cm³/mol. The molecule has 1 aromatic carbocycles. The molecule has 25 heavy (non-hydrogen) atoms. The van der Waals surface area contributed by atoms with Crippen LogP contribution in [-0.4, -0.2) is 15.5 Å². The van der Waals surface area contributed by atoms with E-state index in [1.807, 2.05) is 11.4 Å². The number of carbonyl (C=O) groups excluding carboxylic acids is 1. The van der Waals surface area contributed by atoms with Crippen LogP contribution in [0, 0.1) is 0 Å². The molecular weight excluding hydrogens is 385 g/mol. The Morgan fingerprint density at radius 2 is 2.00 bits per heavy atom. The summed E-state index contributed by atoms with van der Waals surface area (Å²) in [5.74, 6) is -0.689. The van der Waals surface area contributed by atoms with Crippen molar-refractivity contribution in [2.75, 3.05) is 5.32 Å². The van der Waals surface area contributed by atoms with Crippen LogP contribution in [0.1, 0.15) is 15.2 Å². The summed E-state index contributed by atoms with van der Waals surface area (Å²) in [7, 11) is 0. The molecule has 0 radical (unpaired) electrons. The lowest BCUT2D eigenvalue weighted by atomic mass is 10.2. The topological polar surface area (TPSA) is 84.0 Å². The van der Waals surface area contributed by atoms with Crippen molar-refractivity contribution in [2.24, 2.45) is 0 Å². The van der Waals surface area contributed by atoms with Crippen LogP contribution in [0.4, 0.5) is 5.69 Å². The highest BCUT2D eigenvalue weighted by molar-refractivity contribution is 7.09. The number of thiophene rings is 1. The van der Waals surface area contributed by atoms with Gasteiger partial charge in [-0.15, -0.1) is 11.3 Å². The zero-order valence-corrected chi connectivity index (χ0v) is 14.9. The van der Waals surface area contributed by atoms with Crippen LogP contribution in [-0.2, 0) is 6.54 Å². The van der Waals surface area contributed by atoms with Crippen molar-refractivity contribution in [2.45, 2.75) is 6.54 Å². The number of H-pyrrole nitrogens is 1. The fraction of sp³-hybridized carbons (Fsp3) is 0.0625. The zero-order chi connectivity index (χ0) is 18.0. The summed E-state index contributed by atoms with van der Waals surface area (Å²) in [6, 6.07) is 8.37. The van der Waals surface area contributed by atoms with Crippen molar-refractivity contribution in [1.82, 2.24) is 9.55 Å². The van der Waals surface area contributed by atoms with E-state index in [0.717, 1.165) is 15.6 Å². The average molecular weight is 396 g/mol. The first-order valence-corrected chi connectivity index (χ1v) is 8.71. The number of aromatic amines is 1. The van der Waals surface area contributed by atoms with Crippen LogP contribution in [0.25, 0.3) is 0 Å². The SMILES string of the molecule is O=C(Nc1cccc(Cl)c1Cl)c1c[nH]c(=O)n(Cc2cccs2)c1=O. The molecule has 0 aliphatic heterocycles. The third-order valence-corrected chi connectivity index (χ3v) is 5.08. The molecule has 0 aliphatic rings. The largest absolute Gasteiger partial charge is 0.328 e. The summed E-state index contributed by atoms with van der Waals surface area (Å²) in [6.45, 7) is 0.0882. The highest BCUT2D eigenvalue weighted by Crippen LogP contribution is 2.29. The fourth-order valence-corrected chi connectivity index (χ4v) is 3.21. The number of halogens is 2. The van der Waals surface area contributed by atoms with Gasteiger partial charge in [0.1, 0.15) is 5.56 Å². The van der Waals surface area contributed by atoms with Gasteiger partial charge in [-0.05, 0) is 23.6 Å². The van der Waals surface area contributed by atoms with E-state index in [2.05, 4.69) is 10.3 Å². The maximum atomic E-state index is 12.5. The highest BCUT2D eigenvalue weighted by atomic mass is 35.5. The van der Waals surface area contributed by atoms with Crippen molar-refractivity contribution in [3.8, 4) is 0 Å². The first kappa shape index (κ1) is 17.5. The van der Waals surface area contributed by atoms with E-state index in [0.29, 0.717) is 0 Å². The molecule has 128 valence electrons. The Kier molecular flexibility index (Phi) is 5.08. The van der Waals surface area contributed by atoms with Gasteiger partial charge in [0, 0.05) is 11.1 Å². The average Bonchev–Trinajstić information content (AvgIpc) is 3.09. The highest BCUT2D eigenvalue weighted by Gasteiger charge is 2.17. The normalized spacial score (nSPS) is 10.6. The summed E-state index contributed by atoms with van der Waals surface area (Å²) in [4.78, 5) is 40.1. The quantitative estimate of drug-likeness (QED) is 0.711. The molecule has 0 aliphatic carbocycles. The molecule has 0 bridgehead atoms. The van der Waals surface area contributed by atoms with E-state index in [4.69, 9.17) is 23.2 Å². The van der Waals surface area contributed by atoms with Gasteiger partial charge in [0.15, 0.2) is 0 Å². The molecule has 0 saturated carbocycles. The summed E-state index contributed by atoms with van der Waals surface area (Å²) in [5.41, 5.74) is -1.20. The standard InChI is InChI=1S/C16H11Cl2N3O3S/c17-11-4-1-5-12(13(11)18)20-14(22)10-7-19-16(24)21(15(10)23)8-9-3-2-6-25-9/h1-7H,8H2,(H,19,24)(H,20,22). The van der Waals surface area contributed by atoms with Crippen molar-refractivity contribution < 1.29 is 4.79 Å². The lowest BCUT2D eigenvalue weighted by molar-refractivity contribution is 0.102. The van der Waals surface area contributed by atoms with Gasteiger partial charge in [-0.2, -0.15) is 0 Å². The number of benzene rings is 1. The molecule has 2 N–H and O–H groups in total. The van der Waals surface area contributed by atoms with Crippen LogP contribution >= 0.6 is 34.5 Å². The molecule has 3 aromatic rings. The zero-order valence-electron chi connectivity index (χ0n) is 12.6. The molecule has 2 heterocycles. The summed E-state index contributed by atoms with van der Waals surface area (Å²) < 4.78 is 0.973. The first-order valence-electron chi connectivity index (χ1n) is 7.07. The van der Waals surface area contributed by atoms with Gasteiger partial charge in [-0.1, -0.05) is 35.3 Å². The van der Waals surface area contributed by atoms with Gasteiger partial charge in [-0.25, -0.2) is 4.79 Å². The van der Waals surface area contributed by atoms with Gasteiger partial charge in [0.05, 0.1) is 22.3 Å². The van der Waals surface area contributed by atoms with Crippen LogP contribution in [0.5, 0.6) is 0 Å². The minimum absolute atomic E-state index is 0.0882. The molecular formula is C16H11Cl2N3O3S. The maximum absolute atomic E-state index is 12.5. The molecule has 0 saturated heterocycles. The minimum atomic E-state index is -0.689. The number of rotatable bonds is 4. The van der Waals surface area contributed by atoms with Crippen molar-refractivity contribution in [3.63, 3.8) is 0 Å². The number of amides is 1. The molecule has 2 aromatic heterocycles. The molecule has 0 fully saturated rings. The van der Waals surface area contributed by atoms with E-state index < -0.39 is 17.2 Å². The van der Waals surface area contributed by atoms with E-state index in [9.17, 15) is 14.4 Å². The molecule has 1 amide bonds. The van der Waals surface area contributed by atoms with Gasteiger partial charge in [0.25, 0.3) is 11.5 Å². The summed E-state index contributed by atoms with van der Waals surface area (Å²) in [6.07, 6.45) is 1.09. The maximum Gasteiger partial charge on any atom is 0.328 e. The second kappa shape index (κ2) is 7.26. The second-order valence-electron chi connectivity index (χ2n) is 5.03. The number of carbonyl (C=O) groups is 1. The van der Waals surface area contributed by atoms with Crippen LogP contribution in [0.15, 0.2) is 51.5 Å². The van der Waals surface area contributed by atoms with Gasteiger partial charge < -0.3 is 10.3 Å². The van der Waals surface area contributed by atoms with E-state index in [1.54, 1.807) is 24.3 Å². The number of anilines is 1. The van der Waals surface area contributed by atoms with Gasteiger partial charge in [0.2, 0.25) is 0 Å². The number of nitrogens with zero attached hydrogens (tertiary/aromatic N) is 1. The number of hydrogen-bond acceptors (Lipinski definition) is 4. The third kappa shape index (κ3) is 3.68. The predicted octanol–water partition coefficient (Wildman–Crippen LogP) is 3.21. The van der Waals surface area contributed by atoms with Crippen LogP contribution < -0.4 is 16.6 Å². The van der Waals surface area contributed by atoms with Gasteiger partial charge in [-0.3, -0.25) is 14.2 Å². The minimum Gasteiger partial charge on any atom is -0.320 e.